The van der Waals surface area contributed by atoms with E-state index in [2.05, 4.69) is 140 Å². The van der Waals surface area contributed by atoms with E-state index < -0.39 is 0 Å². The van der Waals surface area contributed by atoms with Crippen LogP contribution in [0.1, 0.15) is 25.0 Å². The van der Waals surface area contributed by atoms with Crippen molar-refractivity contribution in [3.05, 3.63) is 175 Å². The van der Waals surface area contributed by atoms with E-state index in [0.29, 0.717) is 5.82 Å². The fourth-order valence-electron chi connectivity index (χ4n) is 7.42. The first-order chi connectivity index (χ1) is 24.0. The lowest BCUT2D eigenvalue weighted by Gasteiger charge is -2.22. The van der Waals surface area contributed by atoms with E-state index in [1.807, 2.05) is 42.7 Å². The van der Waals surface area contributed by atoms with Crippen molar-refractivity contribution < 1.29 is 0 Å². The third-order valence-corrected chi connectivity index (χ3v) is 9.97. The third-order valence-electron chi connectivity index (χ3n) is 9.97. The van der Waals surface area contributed by atoms with Gasteiger partial charge in [0.1, 0.15) is 0 Å². The molecule has 2 heterocycles. The van der Waals surface area contributed by atoms with Gasteiger partial charge in [-0.3, -0.25) is 4.98 Å². The molecule has 8 aromatic rings. The molecule has 49 heavy (non-hydrogen) atoms. The lowest BCUT2D eigenvalue weighted by Crippen LogP contribution is -2.14. The summed E-state index contributed by atoms with van der Waals surface area (Å²) in [6.45, 7) is 4.70. The molecule has 0 saturated heterocycles. The molecule has 0 N–H and O–H groups in total. The molecule has 0 atom stereocenters. The van der Waals surface area contributed by atoms with E-state index in [-0.39, 0.29) is 5.41 Å². The summed E-state index contributed by atoms with van der Waals surface area (Å²) in [5.74, 6) is 0.705. The molecule has 0 fully saturated rings. The summed E-state index contributed by atoms with van der Waals surface area (Å²) in [6, 6.07) is 54.0. The van der Waals surface area contributed by atoms with Gasteiger partial charge < -0.3 is 0 Å². The Bertz CT molecular complexity index is 2520. The second-order valence-corrected chi connectivity index (χ2v) is 13.3. The molecular weight excluding hydrogens is 595 g/mol. The van der Waals surface area contributed by atoms with Crippen LogP contribution in [0.5, 0.6) is 0 Å². The van der Waals surface area contributed by atoms with E-state index in [1.54, 1.807) is 0 Å². The van der Waals surface area contributed by atoms with Crippen molar-refractivity contribution in [3.8, 4) is 67.3 Å². The molecular formula is C46H33N3. The predicted molar refractivity (Wildman–Crippen MR) is 202 cm³/mol. The minimum absolute atomic E-state index is 0.0980. The molecule has 3 nitrogen and oxygen atoms in total. The van der Waals surface area contributed by atoms with E-state index in [9.17, 15) is 0 Å². The molecule has 0 aliphatic heterocycles. The molecule has 3 heteroatoms. The summed E-state index contributed by atoms with van der Waals surface area (Å²) in [7, 11) is 0. The highest BCUT2D eigenvalue weighted by molar-refractivity contribution is 5.99. The summed E-state index contributed by atoms with van der Waals surface area (Å²) >= 11 is 0. The maximum absolute atomic E-state index is 5.16. The van der Waals surface area contributed by atoms with Gasteiger partial charge in [0.25, 0.3) is 0 Å². The van der Waals surface area contributed by atoms with Crippen LogP contribution in [0.15, 0.2) is 164 Å². The summed E-state index contributed by atoms with van der Waals surface area (Å²) in [4.78, 5) is 14.5. The Morgan fingerprint density at radius 3 is 1.73 bits per heavy atom. The standard InChI is InChI=1S/C46H33N3/c1-46(2)40-20-10-19-38(44(40)39-27-33-13-6-7-14-34(33)28-41(39)46)35-16-9-18-37(26-35)43-29-42(48-45(49-43)31-11-4-3-5-12-31)36-17-8-15-32(25-36)30-21-23-47-24-22-30/h3-29H,1-2H3. The van der Waals surface area contributed by atoms with E-state index in [1.165, 1.54) is 44.2 Å². The average Bonchev–Trinajstić information content (AvgIpc) is 3.39. The predicted octanol–water partition coefficient (Wildman–Crippen LogP) is 11.7. The van der Waals surface area contributed by atoms with Crippen LogP contribution in [-0.2, 0) is 5.41 Å². The van der Waals surface area contributed by atoms with Crippen LogP contribution in [0.3, 0.4) is 0 Å². The van der Waals surface area contributed by atoms with Crippen molar-refractivity contribution in [1.29, 1.82) is 0 Å². The number of benzene rings is 6. The van der Waals surface area contributed by atoms with Crippen LogP contribution in [0, 0.1) is 0 Å². The zero-order valence-corrected chi connectivity index (χ0v) is 27.4. The van der Waals surface area contributed by atoms with Crippen LogP contribution in [0.2, 0.25) is 0 Å². The topological polar surface area (TPSA) is 38.7 Å². The normalized spacial score (nSPS) is 12.9. The number of nitrogens with zero attached hydrogens (tertiary/aromatic N) is 3. The average molecular weight is 628 g/mol. The maximum Gasteiger partial charge on any atom is 0.160 e. The molecule has 0 bridgehead atoms. The van der Waals surface area contributed by atoms with E-state index in [0.717, 1.165) is 39.2 Å². The fraction of sp³-hybridized carbons (Fsp3) is 0.0652. The molecule has 1 aliphatic carbocycles. The van der Waals surface area contributed by atoms with E-state index >= 15 is 0 Å². The van der Waals surface area contributed by atoms with Gasteiger partial charge >= 0.3 is 0 Å². The van der Waals surface area contributed by atoms with Crippen LogP contribution in [0.4, 0.5) is 0 Å². The molecule has 6 aromatic carbocycles. The fourth-order valence-corrected chi connectivity index (χ4v) is 7.42. The van der Waals surface area contributed by atoms with Crippen molar-refractivity contribution in [2.75, 3.05) is 0 Å². The Morgan fingerprint density at radius 1 is 0.408 bits per heavy atom. The van der Waals surface area contributed by atoms with Crippen molar-refractivity contribution in [2.45, 2.75) is 19.3 Å². The molecule has 0 saturated carbocycles. The number of pyridine rings is 1. The van der Waals surface area contributed by atoms with Gasteiger partial charge in [-0.1, -0.05) is 123 Å². The molecule has 0 spiro atoms. The lowest BCUT2D eigenvalue weighted by atomic mass is 9.81. The summed E-state index contributed by atoms with van der Waals surface area (Å²) in [5, 5.41) is 2.55. The van der Waals surface area contributed by atoms with Crippen molar-refractivity contribution in [2.24, 2.45) is 0 Å². The minimum Gasteiger partial charge on any atom is -0.265 e. The van der Waals surface area contributed by atoms with Crippen LogP contribution in [-0.4, -0.2) is 15.0 Å². The molecule has 232 valence electrons. The van der Waals surface area contributed by atoms with Gasteiger partial charge in [-0.05, 0) is 97.7 Å². The summed E-state index contributed by atoms with van der Waals surface area (Å²) in [6.07, 6.45) is 3.66. The van der Waals surface area contributed by atoms with Gasteiger partial charge in [0.2, 0.25) is 0 Å². The summed E-state index contributed by atoms with van der Waals surface area (Å²) in [5.41, 5.74) is 14.8. The molecule has 0 radical (unpaired) electrons. The van der Waals surface area contributed by atoms with Crippen molar-refractivity contribution in [1.82, 2.24) is 15.0 Å². The zero-order chi connectivity index (χ0) is 33.0. The van der Waals surface area contributed by atoms with Crippen molar-refractivity contribution in [3.63, 3.8) is 0 Å². The van der Waals surface area contributed by atoms with Gasteiger partial charge in [0, 0.05) is 34.5 Å². The second-order valence-electron chi connectivity index (χ2n) is 13.3. The highest BCUT2D eigenvalue weighted by atomic mass is 14.9. The Balaban J connectivity index is 1.20. The van der Waals surface area contributed by atoms with Gasteiger partial charge in [-0.2, -0.15) is 0 Å². The third kappa shape index (κ3) is 5.03. The molecule has 9 rings (SSSR count). The smallest absolute Gasteiger partial charge is 0.160 e. The van der Waals surface area contributed by atoms with Gasteiger partial charge in [-0.15, -0.1) is 0 Å². The minimum atomic E-state index is -0.0980. The monoisotopic (exact) mass is 627 g/mol. The highest BCUT2D eigenvalue weighted by Crippen LogP contribution is 2.53. The Morgan fingerprint density at radius 2 is 1.00 bits per heavy atom. The van der Waals surface area contributed by atoms with Crippen LogP contribution >= 0.6 is 0 Å². The van der Waals surface area contributed by atoms with Crippen LogP contribution in [0.25, 0.3) is 78.1 Å². The Hall–Kier alpha value is -6.19. The van der Waals surface area contributed by atoms with Gasteiger partial charge in [-0.25, -0.2) is 9.97 Å². The second kappa shape index (κ2) is 11.5. The number of hydrogen-bond acceptors (Lipinski definition) is 3. The number of fused-ring (bicyclic) bond motifs is 4. The quantitative estimate of drug-likeness (QED) is 0.191. The number of hydrogen-bond donors (Lipinski definition) is 0. The maximum atomic E-state index is 5.16. The first-order valence-electron chi connectivity index (χ1n) is 16.8. The zero-order valence-electron chi connectivity index (χ0n) is 27.4. The molecule has 1 aliphatic rings. The van der Waals surface area contributed by atoms with Crippen LogP contribution < -0.4 is 0 Å². The SMILES string of the molecule is CC1(C)c2cc3ccccc3cc2-c2c(-c3cccc(-c4cc(-c5cccc(-c6ccncc6)c5)nc(-c5ccccc5)n4)c3)cccc21. The first kappa shape index (κ1) is 29.0. The van der Waals surface area contributed by atoms with Gasteiger partial charge in [0.05, 0.1) is 11.4 Å². The highest BCUT2D eigenvalue weighted by Gasteiger charge is 2.37. The molecule has 2 aromatic heterocycles. The van der Waals surface area contributed by atoms with E-state index in [4.69, 9.17) is 9.97 Å². The summed E-state index contributed by atoms with van der Waals surface area (Å²) < 4.78 is 0. The Kier molecular flexibility index (Phi) is 6.80. The number of aromatic nitrogens is 3. The molecule has 0 amide bonds. The van der Waals surface area contributed by atoms with Gasteiger partial charge in [0.15, 0.2) is 5.82 Å². The Labute approximate surface area is 286 Å². The lowest BCUT2D eigenvalue weighted by molar-refractivity contribution is 0.661. The largest absolute Gasteiger partial charge is 0.265 e. The first-order valence-corrected chi connectivity index (χ1v) is 16.8. The molecule has 0 unspecified atom stereocenters. The number of rotatable bonds is 5. The van der Waals surface area contributed by atoms with Crippen molar-refractivity contribution >= 4 is 10.8 Å².